The first kappa shape index (κ1) is 17.2. The van der Waals surface area contributed by atoms with Crippen LogP contribution < -0.4 is 4.90 Å². The first-order valence-electron chi connectivity index (χ1n) is 8.99. The highest BCUT2D eigenvalue weighted by Crippen LogP contribution is 2.33. The van der Waals surface area contributed by atoms with Gasteiger partial charge in [-0.2, -0.15) is 0 Å². The average molecular weight is 369 g/mol. The molecule has 0 amide bonds. The van der Waals surface area contributed by atoms with Gasteiger partial charge in [-0.25, -0.2) is 4.98 Å². The van der Waals surface area contributed by atoms with Crippen LogP contribution >= 0.6 is 11.3 Å². The minimum Gasteiger partial charge on any atom is -0.383 e. The number of ether oxygens (including phenoxy) is 1. The van der Waals surface area contributed by atoms with Crippen molar-refractivity contribution in [2.45, 2.75) is 25.3 Å². The van der Waals surface area contributed by atoms with Crippen LogP contribution in [0, 0.1) is 0 Å². The summed E-state index contributed by atoms with van der Waals surface area (Å²) in [6.07, 6.45) is 6.24. The molecule has 0 saturated carbocycles. The molecule has 4 rings (SSSR count). The molecule has 6 nitrogen and oxygen atoms in total. The Morgan fingerprint density at radius 1 is 1.23 bits per heavy atom. The third kappa shape index (κ3) is 3.64. The van der Waals surface area contributed by atoms with E-state index >= 15 is 0 Å². The Kier molecular flexibility index (Phi) is 5.26. The minimum absolute atomic E-state index is 0.416. The molecule has 1 aliphatic rings. The lowest BCUT2D eigenvalue weighted by Crippen LogP contribution is -2.35. The second-order valence-corrected chi connectivity index (χ2v) is 7.47. The van der Waals surface area contributed by atoms with Crippen molar-refractivity contribution in [2.75, 3.05) is 31.7 Å². The van der Waals surface area contributed by atoms with E-state index in [-0.39, 0.29) is 0 Å². The fourth-order valence-electron chi connectivity index (χ4n) is 3.46. The molecule has 1 fully saturated rings. The molecule has 7 heteroatoms. The summed E-state index contributed by atoms with van der Waals surface area (Å²) < 4.78 is 7.43. The van der Waals surface area contributed by atoms with Gasteiger partial charge in [0.2, 0.25) is 5.13 Å². The van der Waals surface area contributed by atoms with Crippen LogP contribution in [0.4, 0.5) is 5.13 Å². The van der Waals surface area contributed by atoms with Gasteiger partial charge in [-0.1, -0.05) is 41.7 Å². The van der Waals surface area contributed by atoms with Crippen molar-refractivity contribution in [2.24, 2.45) is 0 Å². The Hall–Kier alpha value is -2.25. The molecule has 0 N–H and O–H groups in total. The van der Waals surface area contributed by atoms with Gasteiger partial charge in [-0.3, -0.25) is 0 Å². The number of methoxy groups -OCH3 is 1. The van der Waals surface area contributed by atoms with E-state index in [1.807, 2.05) is 30.6 Å². The third-order valence-electron chi connectivity index (χ3n) is 4.78. The molecule has 0 aliphatic carbocycles. The molecule has 0 unspecified atom stereocenters. The number of benzene rings is 1. The van der Waals surface area contributed by atoms with E-state index in [4.69, 9.17) is 4.74 Å². The van der Waals surface area contributed by atoms with E-state index in [1.165, 1.54) is 0 Å². The van der Waals surface area contributed by atoms with E-state index in [0.717, 1.165) is 54.0 Å². The van der Waals surface area contributed by atoms with Crippen molar-refractivity contribution in [3.8, 4) is 10.6 Å². The number of anilines is 1. The number of rotatable bonds is 6. The zero-order chi connectivity index (χ0) is 17.8. The summed E-state index contributed by atoms with van der Waals surface area (Å²) in [5.41, 5.74) is 1.12. The van der Waals surface area contributed by atoms with Crippen LogP contribution in [0.15, 0.2) is 42.7 Å². The molecular formula is C19H23N5OS. The minimum atomic E-state index is 0.416. The third-order valence-corrected chi connectivity index (χ3v) is 5.81. The zero-order valence-corrected chi connectivity index (χ0v) is 15.7. The van der Waals surface area contributed by atoms with Gasteiger partial charge >= 0.3 is 0 Å². The molecule has 1 atom stereocenters. The maximum atomic E-state index is 5.22. The fraction of sp³-hybridized carbons (Fsp3) is 0.421. The largest absolute Gasteiger partial charge is 0.383 e. The van der Waals surface area contributed by atoms with Gasteiger partial charge in [0.1, 0.15) is 10.8 Å². The van der Waals surface area contributed by atoms with Crippen molar-refractivity contribution in [3.05, 3.63) is 48.5 Å². The summed E-state index contributed by atoms with van der Waals surface area (Å²) in [7, 11) is 1.73. The molecule has 1 aliphatic heterocycles. The number of nitrogens with zero attached hydrogens (tertiary/aromatic N) is 5. The van der Waals surface area contributed by atoms with Gasteiger partial charge in [0.15, 0.2) is 0 Å². The standard InChI is InChI=1S/C19H23N5OS/c1-25-13-12-23-11-9-20-17(23)16-8-5-10-24(14-16)19-22-21-18(26-19)15-6-3-2-4-7-15/h2-4,6-7,9,11,16H,5,8,10,12-14H2,1H3/t16-/m0/s1. The SMILES string of the molecule is COCCn1ccnc1[C@H]1CCCN(c2nnc(-c3ccccc3)s2)C1. The van der Waals surface area contributed by atoms with Crippen molar-refractivity contribution in [3.63, 3.8) is 0 Å². The topological polar surface area (TPSA) is 56.1 Å². The predicted octanol–water partition coefficient (Wildman–Crippen LogP) is 3.43. The Bertz CT molecular complexity index is 831. The highest BCUT2D eigenvalue weighted by molar-refractivity contribution is 7.18. The zero-order valence-electron chi connectivity index (χ0n) is 14.9. The Morgan fingerprint density at radius 3 is 2.96 bits per heavy atom. The monoisotopic (exact) mass is 369 g/mol. The van der Waals surface area contributed by atoms with E-state index < -0.39 is 0 Å². The second-order valence-electron chi connectivity index (χ2n) is 6.51. The normalized spacial score (nSPS) is 17.6. The molecule has 2 aromatic heterocycles. The summed E-state index contributed by atoms with van der Waals surface area (Å²) in [5.74, 6) is 1.57. The molecule has 0 bridgehead atoms. The van der Waals surface area contributed by atoms with Crippen molar-refractivity contribution < 1.29 is 4.74 Å². The van der Waals surface area contributed by atoms with Gasteiger partial charge < -0.3 is 14.2 Å². The van der Waals surface area contributed by atoms with Crippen LogP contribution in [0.2, 0.25) is 0 Å². The molecular weight excluding hydrogens is 346 g/mol. The van der Waals surface area contributed by atoms with E-state index in [1.54, 1.807) is 18.4 Å². The summed E-state index contributed by atoms with van der Waals surface area (Å²) in [4.78, 5) is 6.98. The summed E-state index contributed by atoms with van der Waals surface area (Å²) in [6, 6.07) is 10.2. The lowest BCUT2D eigenvalue weighted by Gasteiger charge is -2.32. The van der Waals surface area contributed by atoms with Gasteiger partial charge in [0.25, 0.3) is 0 Å². The maximum absolute atomic E-state index is 5.22. The smallest absolute Gasteiger partial charge is 0.208 e. The van der Waals surface area contributed by atoms with Crippen LogP contribution in [-0.2, 0) is 11.3 Å². The maximum Gasteiger partial charge on any atom is 0.208 e. The number of imidazole rings is 1. The van der Waals surface area contributed by atoms with Crippen molar-refractivity contribution in [1.82, 2.24) is 19.7 Å². The second kappa shape index (κ2) is 7.97. The van der Waals surface area contributed by atoms with Crippen LogP contribution in [0.25, 0.3) is 10.6 Å². The number of hydrogen-bond donors (Lipinski definition) is 0. The van der Waals surface area contributed by atoms with E-state index in [9.17, 15) is 0 Å². The lowest BCUT2D eigenvalue weighted by atomic mass is 9.97. The summed E-state index contributed by atoms with van der Waals surface area (Å²) in [6.45, 7) is 3.52. The molecule has 1 saturated heterocycles. The Morgan fingerprint density at radius 2 is 2.12 bits per heavy atom. The van der Waals surface area contributed by atoms with Crippen molar-refractivity contribution in [1.29, 1.82) is 0 Å². The molecule has 1 aromatic carbocycles. The van der Waals surface area contributed by atoms with Crippen LogP contribution in [0.1, 0.15) is 24.6 Å². The molecule has 0 radical (unpaired) electrons. The van der Waals surface area contributed by atoms with Gasteiger partial charge in [-0.15, -0.1) is 10.2 Å². The van der Waals surface area contributed by atoms with Gasteiger partial charge in [0.05, 0.1) is 6.61 Å². The van der Waals surface area contributed by atoms with E-state index in [2.05, 4.69) is 36.8 Å². The summed E-state index contributed by atoms with van der Waals surface area (Å²) in [5, 5.41) is 10.8. The number of aromatic nitrogens is 4. The Balaban J connectivity index is 1.49. The molecule has 3 aromatic rings. The van der Waals surface area contributed by atoms with Crippen LogP contribution in [0.3, 0.4) is 0 Å². The van der Waals surface area contributed by atoms with Gasteiger partial charge in [-0.05, 0) is 12.8 Å². The number of hydrogen-bond acceptors (Lipinski definition) is 6. The van der Waals surface area contributed by atoms with E-state index in [0.29, 0.717) is 12.5 Å². The predicted molar refractivity (Wildman–Crippen MR) is 104 cm³/mol. The highest BCUT2D eigenvalue weighted by atomic mass is 32.1. The van der Waals surface area contributed by atoms with Crippen LogP contribution in [-0.4, -0.2) is 46.6 Å². The molecule has 3 heterocycles. The van der Waals surface area contributed by atoms with Gasteiger partial charge in [0, 0.05) is 50.6 Å². The molecule has 0 spiro atoms. The lowest BCUT2D eigenvalue weighted by molar-refractivity contribution is 0.185. The first-order chi connectivity index (χ1) is 12.8. The first-order valence-corrected chi connectivity index (χ1v) is 9.80. The molecule has 136 valence electrons. The average Bonchev–Trinajstić information content (AvgIpc) is 3.37. The quantitative estimate of drug-likeness (QED) is 0.666. The number of piperidine rings is 1. The van der Waals surface area contributed by atoms with Crippen LogP contribution in [0.5, 0.6) is 0 Å². The fourth-order valence-corrected chi connectivity index (χ4v) is 4.35. The van der Waals surface area contributed by atoms with Crippen molar-refractivity contribution >= 4 is 16.5 Å². The Labute approximate surface area is 157 Å². The molecule has 26 heavy (non-hydrogen) atoms. The highest BCUT2D eigenvalue weighted by Gasteiger charge is 2.26. The summed E-state index contributed by atoms with van der Waals surface area (Å²) >= 11 is 1.67.